The van der Waals surface area contributed by atoms with Crippen LogP contribution in [-0.2, 0) is 15.8 Å². The summed E-state index contributed by atoms with van der Waals surface area (Å²) < 4.78 is 27.3. The van der Waals surface area contributed by atoms with Crippen LogP contribution in [0, 0.1) is 25.2 Å². The second kappa shape index (κ2) is 5.68. The summed E-state index contributed by atoms with van der Waals surface area (Å²) >= 11 is 1.36. The number of aromatic nitrogens is 2. The molecule has 0 fully saturated rings. The Morgan fingerprint density at radius 2 is 2.17 bits per heavy atom. The van der Waals surface area contributed by atoms with Crippen molar-refractivity contribution in [3.63, 3.8) is 0 Å². The van der Waals surface area contributed by atoms with E-state index < -0.39 is 10.0 Å². The smallest absolute Gasteiger partial charge is 0.237 e. The molecule has 3 rings (SSSR count). The molecule has 0 aliphatic carbocycles. The van der Waals surface area contributed by atoms with Crippen LogP contribution in [-0.4, -0.2) is 18.4 Å². The fourth-order valence-corrected chi connectivity index (χ4v) is 4.77. The first-order valence-electron chi connectivity index (χ1n) is 6.82. The molecular weight excluding hydrogens is 332 g/mol. The summed E-state index contributed by atoms with van der Waals surface area (Å²) in [5.41, 5.74) is 2.47. The summed E-state index contributed by atoms with van der Waals surface area (Å²) in [6, 6.07) is 5.60. The van der Waals surface area contributed by atoms with Crippen LogP contribution < -0.4 is 4.72 Å². The fourth-order valence-electron chi connectivity index (χ4n) is 2.46. The summed E-state index contributed by atoms with van der Waals surface area (Å²) in [6.07, 6.45) is 3.16. The number of nitriles is 1. The van der Waals surface area contributed by atoms with Gasteiger partial charge in [-0.3, -0.25) is 4.72 Å². The lowest BCUT2D eigenvalue weighted by Gasteiger charge is -2.09. The number of nitrogens with zero attached hydrogens (tertiary/aromatic N) is 2. The van der Waals surface area contributed by atoms with Crippen LogP contribution in [0.2, 0.25) is 0 Å². The monoisotopic (exact) mass is 346 g/mol. The van der Waals surface area contributed by atoms with Crippen molar-refractivity contribution in [2.75, 3.05) is 4.72 Å². The summed E-state index contributed by atoms with van der Waals surface area (Å²) in [6.45, 7) is 3.72. The van der Waals surface area contributed by atoms with E-state index in [2.05, 4.69) is 20.8 Å². The number of rotatable bonds is 4. The molecule has 0 atom stereocenters. The average Bonchev–Trinajstić information content (AvgIpc) is 3.08. The maximum absolute atomic E-state index is 12.4. The Bertz CT molecular complexity index is 1030. The molecule has 0 amide bonds. The first kappa shape index (κ1) is 15.5. The number of hydrogen-bond donors (Lipinski definition) is 2. The van der Waals surface area contributed by atoms with Crippen molar-refractivity contribution in [2.45, 2.75) is 19.6 Å². The average molecular weight is 346 g/mol. The molecule has 118 valence electrons. The van der Waals surface area contributed by atoms with Gasteiger partial charge < -0.3 is 4.98 Å². The second-order valence-corrected chi connectivity index (χ2v) is 8.24. The number of sulfonamides is 1. The summed E-state index contributed by atoms with van der Waals surface area (Å²) in [5, 5.41) is 10.7. The molecule has 0 radical (unpaired) electrons. The van der Waals surface area contributed by atoms with Gasteiger partial charge in [0.15, 0.2) is 0 Å². The van der Waals surface area contributed by atoms with Gasteiger partial charge in [0.2, 0.25) is 10.0 Å². The molecule has 0 saturated carbocycles. The molecule has 2 aromatic heterocycles. The number of aromatic amines is 1. The SMILES string of the molecule is Cc1ncc(CS(=O)(=O)Nc2ccc(C)c3c(C#N)c[nH]c23)s1. The Morgan fingerprint density at radius 3 is 2.83 bits per heavy atom. The van der Waals surface area contributed by atoms with E-state index in [0.717, 1.165) is 16.0 Å². The molecule has 1 aromatic carbocycles. The van der Waals surface area contributed by atoms with Gasteiger partial charge in [-0.25, -0.2) is 13.4 Å². The summed E-state index contributed by atoms with van der Waals surface area (Å²) in [4.78, 5) is 7.73. The normalized spacial score (nSPS) is 11.5. The minimum absolute atomic E-state index is 0.125. The van der Waals surface area contributed by atoms with Gasteiger partial charge in [-0.05, 0) is 25.5 Å². The molecule has 0 aliphatic heterocycles. The molecule has 3 aromatic rings. The maximum Gasteiger partial charge on any atom is 0.237 e. The predicted octanol–water partition coefficient (Wildman–Crippen LogP) is 3.05. The lowest BCUT2D eigenvalue weighted by atomic mass is 10.1. The van der Waals surface area contributed by atoms with E-state index in [-0.39, 0.29) is 5.75 Å². The van der Waals surface area contributed by atoms with Crippen molar-refractivity contribution in [3.05, 3.63) is 45.5 Å². The topological polar surface area (TPSA) is 98.6 Å². The molecule has 6 nitrogen and oxygen atoms in total. The van der Waals surface area contributed by atoms with Gasteiger partial charge in [0.25, 0.3) is 0 Å². The first-order valence-corrected chi connectivity index (χ1v) is 9.29. The number of nitrogens with one attached hydrogen (secondary N) is 2. The standard InChI is InChI=1S/C15H14N4O2S2/c1-9-3-4-13(15-14(9)11(5-16)6-18-15)19-23(20,21)8-12-7-17-10(2)22-12/h3-4,6-7,18-19H,8H2,1-2H3. The number of thiazole rings is 1. The number of fused-ring (bicyclic) bond motifs is 1. The predicted molar refractivity (Wildman–Crippen MR) is 90.8 cm³/mol. The third-order valence-corrected chi connectivity index (χ3v) is 5.75. The highest BCUT2D eigenvalue weighted by Crippen LogP contribution is 2.29. The largest absolute Gasteiger partial charge is 0.358 e. The Kier molecular flexibility index (Phi) is 3.83. The van der Waals surface area contributed by atoms with Crippen LogP contribution in [0.15, 0.2) is 24.5 Å². The van der Waals surface area contributed by atoms with E-state index >= 15 is 0 Å². The Balaban J connectivity index is 1.97. The fraction of sp³-hybridized carbons (Fsp3) is 0.200. The van der Waals surface area contributed by atoms with Gasteiger partial charge >= 0.3 is 0 Å². The highest BCUT2D eigenvalue weighted by Gasteiger charge is 2.17. The summed E-state index contributed by atoms with van der Waals surface area (Å²) in [7, 11) is -3.56. The van der Waals surface area contributed by atoms with Crippen molar-refractivity contribution >= 4 is 38.0 Å². The zero-order chi connectivity index (χ0) is 16.6. The Hall–Kier alpha value is -2.37. The van der Waals surface area contributed by atoms with Gasteiger partial charge in [0.1, 0.15) is 11.8 Å². The van der Waals surface area contributed by atoms with Crippen molar-refractivity contribution < 1.29 is 8.42 Å². The second-order valence-electron chi connectivity index (χ2n) is 5.20. The van der Waals surface area contributed by atoms with Crippen LogP contribution in [0.1, 0.15) is 21.0 Å². The van der Waals surface area contributed by atoms with Crippen molar-refractivity contribution in [2.24, 2.45) is 0 Å². The van der Waals surface area contributed by atoms with Gasteiger partial charge in [-0.1, -0.05) is 6.07 Å². The van der Waals surface area contributed by atoms with Crippen LogP contribution in [0.5, 0.6) is 0 Å². The number of anilines is 1. The molecule has 0 bridgehead atoms. The number of aryl methyl sites for hydroxylation is 2. The van der Waals surface area contributed by atoms with Gasteiger partial charge in [0.05, 0.1) is 21.8 Å². The zero-order valence-electron chi connectivity index (χ0n) is 12.5. The van der Waals surface area contributed by atoms with Crippen LogP contribution >= 0.6 is 11.3 Å². The van der Waals surface area contributed by atoms with Gasteiger partial charge in [-0.15, -0.1) is 11.3 Å². The minimum atomic E-state index is -3.56. The van der Waals surface area contributed by atoms with Crippen molar-refractivity contribution in [3.8, 4) is 6.07 Å². The molecule has 0 unspecified atom stereocenters. The molecular formula is C15H14N4O2S2. The third kappa shape index (κ3) is 3.06. The summed E-state index contributed by atoms with van der Waals surface area (Å²) in [5.74, 6) is -0.125. The van der Waals surface area contributed by atoms with E-state index in [1.54, 1.807) is 24.5 Å². The molecule has 2 N–H and O–H groups in total. The maximum atomic E-state index is 12.4. The first-order chi connectivity index (χ1) is 10.9. The van der Waals surface area contributed by atoms with Gasteiger partial charge in [-0.2, -0.15) is 5.26 Å². The molecule has 8 heteroatoms. The Labute approximate surface area is 137 Å². The van der Waals surface area contributed by atoms with E-state index in [9.17, 15) is 8.42 Å². The van der Waals surface area contributed by atoms with Crippen LogP contribution in [0.4, 0.5) is 5.69 Å². The molecule has 2 heterocycles. The quantitative estimate of drug-likeness (QED) is 0.758. The Morgan fingerprint density at radius 1 is 1.39 bits per heavy atom. The number of H-pyrrole nitrogens is 1. The van der Waals surface area contributed by atoms with Crippen LogP contribution in [0.25, 0.3) is 10.9 Å². The van der Waals surface area contributed by atoms with E-state index in [0.29, 0.717) is 21.6 Å². The van der Waals surface area contributed by atoms with E-state index in [1.807, 2.05) is 13.8 Å². The zero-order valence-corrected chi connectivity index (χ0v) is 14.2. The van der Waals surface area contributed by atoms with Gasteiger partial charge in [0, 0.05) is 22.7 Å². The minimum Gasteiger partial charge on any atom is -0.358 e. The number of hydrogen-bond acceptors (Lipinski definition) is 5. The molecule has 0 saturated heterocycles. The highest BCUT2D eigenvalue weighted by atomic mass is 32.2. The third-order valence-electron chi connectivity index (χ3n) is 3.43. The lowest BCUT2D eigenvalue weighted by molar-refractivity contribution is 0.601. The molecule has 0 aliphatic rings. The highest BCUT2D eigenvalue weighted by molar-refractivity contribution is 7.92. The van der Waals surface area contributed by atoms with E-state index in [4.69, 9.17) is 5.26 Å². The molecule has 0 spiro atoms. The number of benzene rings is 1. The van der Waals surface area contributed by atoms with E-state index in [1.165, 1.54) is 11.3 Å². The van der Waals surface area contributed by atoms with Crippen molar-refractivity contribution in [1.29, 1.82) is 5.26 Å². The molecule has 23 heavy (non-hydrogen) atoms. The van der Waals surface area contributed by atoms with Crippen molar-refractivity contribution in [1.82, 2.24) is 9.97 Å². The van der Waals surface area contributed by atoms with Crippen LogP contribution in [0.3, 0.4) is 0 Å². The lowest BCUT2D eigenvalue weighted by Crippen LogP contribution is -2.14.